The largest absolute Gasteiger partial charge is 0.494 e. The summed E-state index contributed by atoms with van der Waals surface area (Å²) in [5, 5.41) is 1.42. The molecule has 3 rings (SSSR count). The minimum Gasteiger partial charge on any atom is -0.494 e. The Bertz CT molecular complexity index is 882. The molecule has 0 amide bonds. The van der Waals surface area contributed by atoms with E-state index in [1.807, 2.05) is 68.5 Å². The Balaban J connectivity index is 1.90. The molecule has 2 nitrogen and oxygen atoms in total. The van der Waals surface area contributed by atoms with E-state index in [0.29, 0.717) is 24.2 Å². The molecule has 0 aliphatic carbocycles. The number of hydrogen-bond acceptors (Lipinski definition) is 2. The molecule has 0 fully saturated rings. The molecule has 0 spiro atoms. The van der Waals surface area contributed by atoms with E-state index in [1.54, 1.807) is 12.1 Å². The molecule has 0 heterocycles. The second-order valence-corrected chi connectivity index (χ2v) is 5.65. The molecule has 0 atom stereocenters. The number of allylic oxidation sites excluding steroid dienone is 1. The maximum absolute atomic E-state index is 14.9. The zero-order valence-corrected chi connectivity index (χ0v) is 14.5. The fraction of sp³-hybridized carbons (Fsp3) is 0.182. The molecule has 0 N–H and O–H groups in total. The topological polar surface area (TPSA) is 18.5 Å². The van der Waals surface area contributed by atoms with E-state index in [1.165, 1.54) is 0 Å². The van der Waals surface area contributed by atoms with Crippen LogP contribution in [-0.2, 0) is 0 Å². The number of hydrogen-bond donors (Lipinski definition) is 0. The number of benzene rings is 3. The number of fused-ring (bicyclic) bond motifs is 1. The second-order valence-electron chi connectivity index (χ2n) is 5.65. The first kappa shape index (κ1) is 17.0. The van der Waals surface area contributed by atoms with Crippen LogP contribution in [0.3, 0.4) is 0 Å². The third-order valence-corrected chi connectivity index (χ3v) is 3.98. The Morgan fingerprint density at radius 1 is 0.920 bits per heavy atom. The highest BCUT2D eigenvalue weighted by atomic mass is 19.1. The van der Waals surface area contributed by atoms with E-state index in [0.717, 1.165) is 22.4 Å². The Hall–Kier alpha value is -2.81. The summed E-state index contributed by atoms with van der Waals surface area (Å²) < 4.78 is 26.0. The van der Waals surface area contributed by atoms with Crippen molar-refractivity contribution in [3.63, 3.8) is 0 Å². The lowest BCUT2D eigenvalue weighted by Gasteiger charge is -2.10. The minimum atomic E-state index is -0.219. The summed E-state index contributed by atoms with van der Waals surface area (Å²) in [4.78, 5) is 0. The van der Waals surface area contributed by atoms with Crippen LogP contribution >= 0.6 is 0 Å². The average Bonchev–Trinajstić information content (AvgIpc) is 2.63. The smallest absolute Gasteiger partial charge is 0.138 e. The van der Waals surface area contributed by atoms with Gasteiger partial charge in [-0.15, -0.1) is 0 Å². The van der Waals surface area contributed by atoms with Crippen LogP contribution in [-0.4, -0.2) is 13.2 Å². The fourth-order valence-electron chi connectivity index (χ4n) is 2.72. The second kappa shape index (κ2) is 7.84. The monoisotopic (exact) mass is 336 g/mol. The molecule has 0 aliphatic rings. The van der Waals surface area contributed by atoms with E-state index < -0.39 is 0 Å². The predicted molar refractivity (Wildman–Crippen MR) is 101 cm³/mol. The van der Waals surface area contributed by atoms with Gasteiger partial charge in [-0.25, -0.2) is 4.39 Å². The highest BCUT2D eigenvalue weighted by molar-refractivity contribution is 5.89. The molecule has 25 heavy (non-hydrogen) atoms. The Kier molecular flexibility index (Phi) is 5.34. The molecular formula is C22H21FO2. The first-order valence-electron chi connectivity index (χ1n) is 8.42. The Labute approximate surface area is 147 Å². The molecular weight excluding hydrogens is 315 g/mol. The molecule has 0 aromatic heterocycles. The summed E-state index contributed by atoms with van der Waals surface area (Å²) in [7, 11) is 0. The van der Waals surface area contributed by atoms with Crippen LogP contribution in [0.15, 0.2) is 66.7 Å². The number of ether oxygens (including phenoxy) is 2. The number of rotatable bonds is 6. The van der Waals surface area contributed by atoms with Crippen molar-refractivity contribution in [3.05, 3.63) is 72.6 Å². The standard InChI is InChI=1S/C22H21FO2/c1-3-5-14-25-18-9-6-16(7-10-18)20-12-8-17-15-19(24-4-2)11-13-21(17)22(20)23/h3,5-13,15H,4,14H2,1-2H3. The molecule has 128 valence electrons. The predicted octanol–water partition coefficient (Wildman–Crippen LogP) is 6.00. The normalized spacial score (nSPS) is 11.2. The maximum Gasteiger partial charge on any atom is 0.138 e. The van der Waals surface area contributed by atoms with Crippen molar-refractivity contribution < 1.29 is 13.9 Å². The molecule has 0 saturated carbocycles. The SMILES string of the molecule is CC=CCOc1ccc(-c2ccc3cc(OCC)ccc3c2F)cc1. The van der Waals surface area contributed by atoms with Gasteiger partial charge in [-0.05, 0) is 55.1 Å². The van der Waals surface area contributed by atoms with Gasteiger partial charge < -0.3 is 9.47 Å². The summed E-state index contributed by atoms with van der Waals surface area (Å²) >= 11 is 0. The molecule has 0 aliphatic heterocycles. The summed E-state index contributed by atoms with van der Waals surface area (Å²) in [5.41, 5.74) is 1.41. The van der Waals surface area contributed by atoms with Gasteiger partial charge in [0, 0.05) is 10.9 Å². The Morgan fingerprint density at radius 2 is 1.68 bits per heavy atom. The van der Waals surface area contributed by atoms with Crippen molar-refractivity contribution >= 4 is 10.8 Å². The zero-order valence-electron chi connectivity index (χ0n) is 14.5. The van der Waals surface area contributed by atoms with E-state index >= 15 is 0 Å². The fourth-order valence-corrected chi connectivity index (χ4v) is 2.72. The molecule has 0 saturated heterocycles. The van der Waals surface area contributed by atoms with Crippen LogP contribution < -0.4 is 9.47 Å². The van der Waals surface area contributed by atoms with Crippen LogP contribution in [0, 0.1) is 5.82 Å². The van der Waals surface area contributed by atoms with E-state index in [4.69, 9.17) is 9.47 Å². The van der Waals surface area contributed by atoms with Gasteiger partial charge in [-0.3, -0.25) is 0 Å². The van der Waals surface area contributed by atoms with Crippen LogP contribution in [0.4, 0.5) is 4.39 Å². The molecule has 0 bridgehead atoms. The molecule has 3 heteroatoms. The van der Waals surface area contributed by atoms with Gasteiger partial charge in [-0.2, -0.15) is 0 Å². The van der Waals surface area contributed by atoms with Crippen molar-refractivity contribution in [2.24, 2.45) is 0 Å². The van der Waals surface area contributed by atoms with Gasteiger partial charge in [0.05, 0.1) is 6.61 Å². The van der Waals surface area contributed by atoms with Gasteiger partial charge in [-0.1, -0.05) is 36.4 Å². The first-order chi connectivity index (χ1) is 12.2. The summed E-state index contributed by atoms with van der Waals surface area (Å²) in [6.45, 7) is 5.00. The molecule has 0 unspecified atom stereocenters. The molecule has 3 aromatic carbocycles. The lowest BCUT2D eigenvalue weighted by atomic mass is 10.00. The molecule has 3 aromatic rings. The quantitative estimate of drug-likeness (QED) is 0.514. The van der Waals surface area contributed by atoms with Gasteiger partial charge in [0.15, 0.2) is 0 Å². The van der Waals surface area contributed by atoms with Crippen molar-refractivity contribution in [1.82, 2.24) is 0 Å². The summed E-state index contributed by atoms with van der Waals surface area (Å²) in [5.74, 6) is 1.30. The zero-order chi connectivity index (χ0) is 17.6. The van der Waals surface area contributed by atoms with Crippen LogP contribution in [0.2, 0.25) is 0 Å². The van der Waals surface area contributed by atoms with Crippen molar-refractivity contribution in [3.8, 4) is 22.6 Å². The van der Waals surface area contributed by atoms with E-state index in [2.05, 4.69) is 0 Å². The maximum atomic E-state index is 14.9. The third-order valence-electron chi connectivity index (χ3n) is 3.98. The van der Waals surface area contributed by atoms with Gasteiger partial charge in [0.1, 0.15) is 23.9 Å². The average molecular weight is 336 g/mol. The van der Waals surface area contributed by atoms with Crippen LogP contribution in [0.5, 0.6) is 11.5 Å². The highest BCUT2D eigenvalue weighted by Gasteiger charge is 2.10. The summed E-state index contributed by atoms with van der Waals surface area (Å²) in [6.07, 6.45) is 3.88. The van der Waals surface area contributed by atoms with E-state index in [9.17, 15) is 4.39 Å². The molecule has 0 radical (unpaired) electrons. The van der Waals surface area contributed by atoms with E-state index in [-0.39, 0.29) is 5.82 Å². The first-order valence-corrected chi connectivity index (χ1v) is 8.42. The van der Waals surface area contributed by atoms with Crippen molar-refractivity contribution in [1.29, 1.82) is 0 Å². The van der Waals surface area contributed by atoms with Gasteiger partial charge in [0.25, 0.3) is 0 Å². The van der Waals surface area contributed by atoms with Crippen molar-refractivity contribution in [2.45, 2.75) is 13.8 Å². The highest BCUT2D eigenvalue weighted by Crippen LogP contribution is 2.31. The van der Waals surface area contributed by atoms with Gasteiger partial charge in [0.2, 0.25) is 0 Å². The van der Waals surface area contributed by atoms with Crippen LogP contribution in [0.25, 0.3) is 21.9 Å². The minimum absolute atomic E-state index is 0.219. The lowest BCUT2D eigenvalue weighted by molar-refractivity contribution is 0.340. The number of halogens is 1. The van der Waals surface area contributed by atoms with Crippen molar-refractivity contribution in [2.75, 3.05) is 13.2 Å². The summed E-state index contributed by atoms with van der Waals surface area (Å²) in [6, 6.07) is 16.7. The lowest BCUT2D eigenvalue weighted by Crippen LogP contribution is -1.94. The third kappa shape index (κ3) is 3.82. The Morgan fingerprint density at radius 3 is 2.40 bits per heavy atom. The van der Waals surface area contributed by atoms with Gasteiger partial charge >= 0.3 is 0 Å². The van der Waals surface area contributed by atoms with Crippen LogP contribution in [0.1, 0.15) is 13.8 Å².